The first-order valence-corrected chi connectivity index (χ1v) is 11.4. The Hall–Kier alpha value is -0.460. The third kappa shape index (κ3) is 17.6. The standard InChI is InChI=1S/C23H47NO4/c1-5-6-7-8-9-10-11-12-13-14-15-16-17-18-21(26)20(19-25)24-22(27)28-23(2,3)4/h17-18,20-22,24-27H,5-16,19H2,1-4H3/b18-17+/t20-,21+,22?/m0/s1. The van der Waals surface area contributed by atoms with Crippen LogP contribution in [0.5, 0.6) is 0 Å². The second kappa shape index (κ2) is 17.4. The molecule has 0 saturated carbocycles. The Morgan fingerprint density at radius 3 is 1.82 bits per heavy atom. The fourth-order valence-corrected chi connectivity index (χ4v) is 3.11. The number of aliphatic hydroxyl groups excluding tert-OH is 3. The van der Waals surface area contributed by atoms with Gasteiger partial charge in [0, 0.05) is 0 Å². The van der Waals surface area contributed by atoms with Gasteiger partial charge in [-0.15, -0.1) is 0 Å². The van der Waals surface area contributed by atoms with Gasteiger partial charge in [-0.3, -0.25) is 5.32 Å². The first kappa shape index (κ1) is 27.5. The molecule has 0 heterocycles. The zero-order valence-electron chi connectivity index (χ0n) is 18.8. The number of unbranched alkanes of at least 4 members (excludes halogenated alkanes) is 11. The van der Waals surface area contributed by atoms with Crippen molar-refractivity contribution in [3.05, 3.63) is 12.2 Å². The highest BCUT2D eigenvalue weighted by Gasteiger charge is 2.22. The van der Waals surface area contributed by atoms with E-state index < -0.39 is 24.2 Å². The Morgan fingerprint density at radius 1 is 0.857 bits per heavy atom. The first-order valence-electron chi connectivity index (χ1n) is 11.4. The molecule has 5 heteroatoms. The topological polar surface area (TPSA) is 82.0 Å². The van der Waals surface area contributed by atoms with Crippen LogP contribution < -0.4 is 5.32 Å². The molecule has 0 radical (unpaired) electrons. The van der Waals surface area contributed by atoms with Crippen LogP contribution in [0.3, 0.4) is 0 Å². The molecule has 0 aliphatic heterocycles. The Balaban J connectivity index is 3.73. The smallest absolute Gasteiger partial charge is 0.214 e. The van der Waals surface area contributed by atoms with Crippen LogP contribution in [0.2, 0.25) is 0 Å². The van der Waals surface area contributed by atoms with Gasteiger partial charge in [-0.25, -0.2) is 0 Å². The quantitative estimate of drug-likeness (QED) is 0.153. The van der Waals surface area contributed by atoms with E-state index in [9.17, 15) is 15.3 Å². The van der Waals surface area contributed by atoms with E-state index in [-0.39, 0.29) is 6.61 Å². The summed E-state index contributed by atoms with van der Waals surface area (Å²) in [6, 6.07) is -0.661. The number of ether oxygens (including phenoxy) is 1. The lowest BCUT2D eigenvalue weighted by Crippen LogP contribution is -2.50. The number of aliphatic hydroxyl groups is 3. The van der Waals surface area contributed by atoms with Crippen LogP contribution in [-0.4, -0.2) is 46.1 Å². The molecule has 0 aliphatic rings. The van der Waals surface area contributed by atoms with E-state index >= 15 is 0 Å². The summed E-state index contributed by atoms with van der Waals surface area (Å²) < 4.78 is 5.34. The molecule has 5 nitrogen and oxygen atoms in total. The van der Waals surface area contributed by atoms with Crippen LogP contribution in [0, 0.1) is 0 Å². The maximum absolute atomic E-state index is 10.2. The second-order valence-electron chi connectivity index (χ2n) is 8.78. The minimum atomic E-state index is -1.23. The molecule has 28 heavy (non-hydrogen) atoms. The molecule has 0 aromatic heterocycles. The van der Waals surface area contributed by atoms with Gasteiger partial charge in [-0.1, -0.05) is 83.3 Å². The summed E-state index contributed by atoms with van der Waals surface area (Å²) in [5, 5.41) is 32.1. The molecule has 1 unspecified atom stereocenters. The maximum atomic E-state index is 10.2. The molecule has 0 aromatic carbocycles. The lowest BCUT2D eigenvalue weighted by molar-refractivity contribution is -0.189. The largest absolute Gasteiger partial charge is 0.395 e. The summed E-state index contributed by atoms with van der Waals surface area (Å²) in [6.45, 7) is 7.46. The fraction of sp³-hybridized carbons (Fsp3) is 0.913. The number of rotatable bonds is 18. The molecule has 0 rings (SSSR count). The Bertz CT molecular complexity index is 368. The van der Waals surface area contributed by atoms with Crippen molar-refractivity contribution < 1.29 is 20.1 Å². The van der Waals surface area contributed by atoms with Gasteiger partial charge in [0.15, 0.2) is 0 Å². The van der Waals surface area contributed by atoms with Crippen LogP contribution >= 0.6 is 0 Å². The molecule has 168 valence electrons. The van der Waals surface area contributed by atoms with E-state index in [4.69, 9.17) is 4.74 Å². The van der Waals surface area contributed by atoms with Crippen LogP contribution in [0.4, 0.5) is 0 Å². The number of nitrogens with one attached hydrogen (secondary N) is 1. The Kier molecular flexibility index (Phi) is 17.1. The van der Waals surface area contributed by atoms with Crippen LogP contribution in [0.25, 0.3) is 0 Å². The molecule has 0 bridgehead atoms. The molecule has 0 aromatic rings. The van der Waals surface area contributed by atoms with Crippen molar-refractivity contribution in [3.8, 4) is 0 Å². The van der Waals surface area contributed by atoms with E-state index in [2.05, 4.69) is 12.2 Å². The lowest BCUT2D eigenvalue weighted by Gasteiger charge is -2.28. The highest BCUT2D eigenvalue weighted by atomic mass is 16.6. The molecule has 0 saturated heterocycles. The van der Waals surface area contributed by atoms with Gasteiger partial charge in [-0.05, 0) is 33.6 Å². The van der Waals surface area contributed by atoms with Gasteiger partial charge >= 0.3 is 0 Å². The zero-order valence-corrected chi connectivity index (χ0v) is 18.8. The molecule has 3 atom stereocenters. The normalized spacial score (nSPS) is 15.8. The van der Waals surface area contributed by atoms with Gasteiger partial charge < -0.3 is 20.1 Å². The van der Waals surface area contributed by atoms with Crippen LogP contribution in [-0.2, 0) is 4.74 Å². The third-order valence-corrected chi connectivity index (χ3v) is 4.74. The van der Waals surface area contributed by atoms with E-state index in [1.165, 1.54) is 64.2 Å². The number of hydrogen-bond donors (Lipinski definition) is 4. The predicted octanol–water partition coefficient (Wildman–Crippen LogP) is 4.65. The first-order chi connectivity index (χ1) is 13.3. The summed E-state index contributed by atoms with van der Waals surface area (Å²) in [5.41, 5.74) is -0.512. The predicted molar refractivity (Wildman–Crippen MR) is 117 cm³/mol. The fourth-order valence-electron chi connectivity index (χ4n) is 3.11. The summed E-state index contributed by atoms with van der Waals surface area (Å²) in [6.07, 6.45) is 17.0. The minimum Gasteiger partial charge on any atom is -0.395 e. The van der Waals surface area contributed by atoms with Crippen LogP contribution in [0.15, 0.2) is 12.2 Å². The van der Waals surface area contributed by atoms with Gasteiger partial charge in [0.1, 0.15) is 0 Å². The summed E-state index contributed by atoms with van der Waals surface area (Å²) >= 11 is 0. The highest BCUT2D eigenvalue weighted by Crippen LogP contribution is 2.12. The molecular formula is C23H47NO4. The van der Waals surface area contributed by atoms with Crippen LogP contribution in [0.1, 0.15) is 105 Å². The summed E-state index contributed by atoms with van der Waals surface area (Å²) in [4.78, 5) is 0. The molecule has 0 spiro atoms. The molecule has 0 fully saturated rings. The third-order valence-electron chi connectivity index (χ3n) is 4.74. The molecular weight excluding hydrogens is 354 g/mol. The molecule has 0 amide bonds. The molecule has 0 aliphatic carbocycles. The Labute approximate surface area is 173 Å². The monoisotopic (exact) mass is 401 g/mol. The van der Waals surface area contributed by atoms with Gasteiger partial charge in [-0.2, -0.15) is 0 Å². The SMILES string of the molecule is CCCCCCCCCCCCC/C=C/[C@@H](O)[C@H](CO)NC(O)OC(C)(C)C. The van der Waals surface area contributed by atoms with Crippen molar-refractivity contribution in [2.45, 2.75) is 129 Å². The van der Waals surface area contributed by atoms with E-state index in [0.717, 1.165) is 12.8 Å². The maximum Gasteiger partial charge on any atom is 0.214 e. The number of allylic oxidation sites excluding steroid dienone is 1. The van der Waals surface area contributed by atoms with Crippen molar-refractivity contribution in [1.82, 2.24) is 5.32 Å². The van der Waals surface area contributed by atoms with Crippen molar-refractivity contribution in [2.75, 3.05) is 6.61 Å². The number of hydrogen-bond acceptors (Lipinski definition) is 5. The second-order valence-corrected chi connectivity index (χ2v) is 8.78. The van der Waals surface area contributed by atoms with Gasteiger partial charge in [0.05, 0.1) is 24.4 Å². The summed E-state index contributed by atoms with van der Waals surface area (Å²) in [5.74, 6) is 0. The van der Waals surface area contributed by atoms with Crippen molar-refractivity contribution >= 4 is 0 Å². The Morgan fingerprint density at radius 2 is 1.36 bits per heavy atom. The van der Waals surface area contributed by atoms with Crippen molar-refractivity contribution in [2.24, 2.45) is 0 Å². The average molecular weight is 402 g/mol. The zero-order chi connectivity index (χ0) is 21.3. The van der Waals surface area contributed by atoms with Crippen molar-refractivity contribution in [1.29, 1.82) is 0 Å². The molecule has 4 N–H and O–H groups in total. The minimum absolute atomic E-state index is 0.283. The average Bonchev–Trinajstić information content (AvgIpc) is 2.61. The lowest BCUT2D eigenvalue weighted by atomic mass is 10.0. The van der Waals surface area contributed by atoms with E-state index in [1.807, 2.05) is 26.8 Å². The van der Waals surface area contributed by atoms with Crippen molar-refractivity contribution in [3.63, 3.8) is 0 Å². The van der Waals surface area contributed by atoms with Gasteiger partial charge in [0.2, 0.25) is 6.41 Å². The van der Waals surface area contributed by atoms with E-state index in [1.54, 1.807) is 6.08 Å². The highest BCUT2D eigenvalue weighted by molar-refractivity contribution is 4.94. The van der Waals surface area contributed by atoms with Gasteiger partial charge in [0.25, 0.3) is 0 Å². The van der Waals surface area contributed by atoms with E-state index in [0.29, 0.717) is 0 Å². The summed E-state index contributed by atoms with van der Waals surface area (Å²) in [7, 11) is 0.